The lowest BCUT2D eigenvalue weighted by Crippen LogP contribution is -2.36. The number of hydrogen-bond donors (Lipinski definition) is 0. The maximum absolute atomic E-state index is 13.4. The number of thiophene rings is 1. The van der Waals surface area contributed by atoms with Gasteiger partial charge in [-0.05, 0) is 35.2 Å². The Morgan fingerprint density at radius 1 is 1.16 bits per heavy atom. The zero-order chi connectivity index (χ0) is 22.1. The van der Waals surface area contributed by atoms with E-state index >= 15 is 0 Å². The lowest BCUT2D eigenvalue weighted by Gasteiger charge is -2.20. The van der Waals surface area contributed by atoms with Gasteiger partial charge in [0.1, 0.15) is 17.1 Å². The second kappa shape index (κ2) is 8.52. The van der Waals surface area contributed by atoms with Gasteiger partial charge in [0.05, 0.1) is 35.6 Å². The number of carbonyl (C=O) groups is 1. The van der Waals surface area contributed by atoms with E-state index in [1.165, 1.54) is 33.6 Å². The van der Waals surface area contributed by atoms with Crippen molar-refractivity contribution in [3.63, 3.8) is 0 Å². The molecule has 0 radical (unpaired) electrons. The quantitative estimate of drug-likeness (QED) is 0.376. The summed E-state index contributed by atoms with van der Waals surface area (Å²) in [5.74, 6) is 0.494. The summed E-state index contributed by atoms with van der Waals surface area (Å²) in [5, 5.41) is 2.91. The van der Waals surface area contributed by atoms with E-state index in [1.54, 1.807) is 18.1 Å². The van der Waals surface area contributed by atoms with Crippen LogP contribution in [0, 0.1) is 0 Å². The van der Waals surface area contributed by atoms with Crippen LogP contribution in [0.5, 0.6) is 5.75 Å². The van der Waals surface area contributed by atoms with E-state index in [4.69, 9.17) is 4.74 Å². The van der Waals surface area contributed by atoms with Gasteiger partial charge in [-0.2, -0.15) is 0 Å². The zero-order valence-electron chi connectivity index (χ0n) is 17.1. The van der Waals surface area contributed by atoms with E-state index in [-0.39, 0.29) is 18.0 Å². The first kappa shape index (κ1) is 20.3. The summed E-state index contributed by atoms with van der Waals surface area (Å²) < 4.78 is 7.58. The number of nitrogens with zero attached hydrogens (tertiary/aromatic N) is 4. The van der Waals surface area contributed by atoms with E-state index in [9.17, 15) is 9.59 Å². The van der Waals surface area contributed by atoms with Gasteiger partial charge in [-0.1, -0.05) is 41.7 Å². The molecule has 0 bridgehead atoms. The lowest BCUT2D eigenvalue weighted by atomic mass is 10.2. The van der Waals surface area contributed by atoms with Crippen LogP contribution in [0.2, 0.25) is 0 Å². The first-order valence-electron chi connectivity index (χ1n) is 9.84. The molecule has 0 spiro atoms. The number of ether oxygens (including phenoxy) is 1. The first-order chi connectivity index (χ1) is 15.6. The topological polar surface area (TPSA) is 77.3 Å². The Balaban J connectivity index is 1.52. The zero-order valence-corrected chi connectivity index (χ0v) is 18.7. The molecular formula is C23H18N4O3S2. The number of amides is 1. The molecule has 5 rings (SSSR count). The summed E-state index contributed by atoms with van der Waals surface area (Å²) >= 11 is 2.81. The Bertz CT molecular complexity index is 1470. The van der Waals surface area contributed by atoms with Gasteiger partial charge in [0.25, 0.3) is 5.56 Å². The van der Waals surface area contributed by atoms with Gasteiger partial charge in [0.15, 0.2) is 5.13 Å². The molecule has 0 saturated heterocycles. The summed E-state index contributed by atoms with van der Waals surface area (Å²) in [6, 6.07) is 17.1. The highest BCUT2D eigenvalue weighted by molar-refractivity contribution is 7.22. The van der Waals surface area contributed by atoms with Gasteiger partial charge in [0, 0.05) is 0 Å². The number of carbonyl (C=O) groups excluding carboxylic acids is 1. The van der Waals surface area contributed by atoms with Gasteiger partial charge in [-0.3, -0.25) is 19.1 Å². The van der Waals surface area contributed by atoms with Crippen LogP contribution in [0.3, 0.4) is 0 Å². The first-order valence-corrected chi connectivity index (χ1v) is 11.5. The minimum absolute atomic E-state index is 0.121. The van der Waals surface area contributed by atoms with Crippen LogP contribution in [-0.2, 0) is 17.9 Å². The van der Waals surface area contributed by atoms with Gasteiger partial charge in [-0.15, -0.1) is 11.3 Å². The van der Waals surface area contributed by atoms with Crippen LogP contribution in [0.1, 0.15) is 5.56 Å². The fraction of sp³-hybridized carbons (Fsp3) is 0.130. The largest absolute Gasteiger partial charge is 0.497 e. The molecule has 0 aliphatic carbocycles. The SMILES string of the molecule is COc1ccc2nc(N(Cc3ccccc3)C(=O)Cn3cnc4sccc4c3=O)sc2c1. The predicted octanol–water partition coefficient (Wildman–Crippen LogP) is 4.31. The normalized spacial score (nSPS) is 11.2. The molecule has 0 aliphatic rings. The average molecular weight is 463 g/mol. The van der Waals surface area contributed by atoms with Crippen LogP contribution in [-0.4, -0.2) is 27.6 Å². The van der Waals surface area contributed by atoms with Gasteiger partial charge in [-0.25, -0.2) is 9.97 Å². The van der Waals surface area contributed by atoms with Gasteiger partial charge >= 0.3 is 0 Å². The molecule has 5 aromatic rings. The summed E-state index contributed by atoms with van der Waals surface area (Å²) in [5.41, 5.74) is 1.53. The van der Waals surface area contributed by atoms with Crippen molar-refractivity contribution in [1.29, 1.82) is 0 Å². The molecule has 160 valence electrons. The smallest absolute Gasteiger partial charge is 0.262 e. The molecule has 32 heavy (non-hydrogen) atoms. The molecule has 9 heteroatoms. The number of anilines is 1. The number of thiazole rings is 1. The highest BCUT2D eigenvalue weighted by Gasteiger charge is 2.22. The highest BCUT2D eigenvalue weighted by atomic mass is 32.1. The van der Waals surface area contributed by atoms with Crippen molar-refractivity contribution in [1.82, 2.24) is 14.5 Å². The van der Waals surface area contributed by atoms with Crippen molar-refractivity contribution >= 4 is 54.1 Å². The Morgan fingerprint density at radius 3 is 2.81 bits per heavy atom. The molecule has 1 amide bonds. The van der Waals surface area contributed by atoms with Crippen molar-refractivity contribution in [3.8, 4) is 5.75 Å². The van der Waals surface area contributed by atoms with E-state index in [0.29, 0.717) is 21.9 Å². The van der Waals surface area contributed by atoms with E-state index < -0.39 is 0 Å². The van der Waals surface area contributed by atoms with Crippen LogP contribution in [0.4, 0.5) is 5.13 Å². The fourth-order valence-electron chi connectivity index (χ4n) is 3.40. The number of methoxy groups -OCH3 is 1. The van der Waals surface area contributed by atoms with Gasteiger partial charge in [0.2, 0.25) is 5.91 Å². The molecule has 3 heterocycles. The van der Waals surface area contributed by atoms with E-state index in [0.717, 1.165) is 21.5 Å². The Hall–Kier alpha value is -3.56. The van der Waals surface area contributed by atoms with Crippen molar-refractivity contribution in [2.45, 2.75) is 13.1 Å². The average Bonchev–Trinajstić information content (AvgIpc) is 3.46. The van der Waals surface area contributed by atoms with Crippen LogP contribution < -0.4 is 15.2 Å². The number of hydrogen-bond acceptors (Lipinski definition) is 7. The monoisotopic (exact) mass is 462 g/mol. The van der Waals surface area contributed by atoms with Crippen LogP contribution >= 0.6 is 22.7 Å². The molecule has 0 saturated carbocycles. The van der Waals surface area contributed by atoms with E-state index in [2.05, 4.69) is 9.97 Å². The third-order valence-corrected chi connectivity index (χ3v) is 6.92. The molecule has 0 aliphatic heterocycles. The van der Waals surface area contributed by atoms with Crippen LogP contribution in [0.25, 0.3) is 20.4 Å². The number of fused-ring (bicyclic) bond motifs is 2. The van der Waals surface area contributed by atoms with E-state index in [1.807, 2.05) is 53.9 Å². The van der Waals surface area contributed by atoms with Crippen molar-refractivity contribution < 1.29 is 9.53 Å². The molecule has 0 unspecified atom stereocenters. The number of aromatic nitrogens is 3. The second-order valence-electron chi connectivity index (χ2n) is 7.11. The molecule has 7 nitrogen and oxygen atoms in total. The Kier molecular flexibility index (Phi) is 5.42. The molecular weight excluding hydrogens is 444 g/mol. The van der Waals surface area contributed by atoms with Crippen molar-refractivity contribution in [2.24, 2.45) is 0 Å². The molecule has 0 N–H and O–H groups in total. The molecule has 0 fully saturated rings. The maximum atomic E-state index is 13.4. The molecule has 2 aromatic carbocycles. The number of benzene rings is 2. The molecule has 0 atom stereocenters. The van der Waals surface area contributed by atoms with Gasteiger partial charge < -0.3 is 4.74 Å². The Labute approximate surface area is 191 Å². The summed E-state index contributed by atoms with van der Waals surface area (Å²) in [6.45, 7) is 0.225. The van der Waals surface area contributed by atoms with Crippen molar-refractivity contribution in [2.75, 3.05) is 12.0 Å². The predicted molar refractivity (Wildman–Crippen MR) is 128 cm³/mol. The summed E-state index contributed by atoms with van der Waals surface area (Å²) in [6.07, 6.45) is 1.43. The van der Waals surface area contributed by atoms with Crippen LogP contribution in [0.15, 0.2) is 71.1 Å². The maximum Gasteiger partial charge on any atom is 0.262 e. The minimum Gasteiger partial charge on any atom is -0.497 e. The summed E-state index contributed by atoms with van der Waals surface area (Å²) in [4.78, 5) is 37.5. The fourth-order valence-corrected chi connectivity index (χ4v) is 5.13. The standard InChI is InChI=1S/C23H18N4O3S2/c1-30-16-7-8-18-19(11-16)32-23(25-18)27(12-15-5-3-2-4-6-15)20(28)13-26-14-24-21-17(22(26)29)9-10-31-21/h2-11,14H,12-13H2,1H3. The second-order valence-corrected chi connectivity index (χ2v) is 9.02. The lowest BCUT2D eigenvalue weighted by molar-refractivity contribution is -0.119. The third kappa shape index (κ3) is 3.88. The molecule has 3 aromatic heterocycles. The Morgan fingerprint density at radius 2 is 2.00 bits per heavy atom. The summed E-state index contributed by atoms with van der Waals surface area (Å²) in [7, 11) is 1.62. The third-order valence-electron chi connectivity index (χ3n) is 5.06. The highest BCUT2D eigenvalue weighted by Crippen LogP contribution is 2.32. The minimum atomic E-state index is -0.238. The number of rotatable bonds is 6. The van der Waals surface area contributed by atoms with Crippen molar-refractivity contribution in [3.05, 3.63) is 82.2 Å².